The fourth-order valence-corrected chi connectivity index (χ4v) is 1.98. The van der Waals surface area contributed by atoms with Crippen LogP contribution in [0.25, 0.3) is 0 Å². The van der Waals surface area contributed by atoms with Gasteiger partial charge in [0.05, 0.1) is 4.47 Å². The molecule has 18 heavy (non-hydrogen) atoms. The minimum Gasteiger partial charge on any atom is -0.381 e. The Kier molecular flexibility index (Phi) is 3.97. The van der Waals surface area contributed by atoms with Gasteiger partial charge in [-0.25, -0.2) is 4.39 Å². The second kappa shape index (κ2) is 5.48. The van der Waals surface area contributed by atoms with Gasteiger partial charge in [0, 0.05) is 24.1 Å². The third-order valence-electron chi connectivity index (χ3n) is 2.72. The molecular weight excluding hydrogens is 295 g/mol. The van der Waals surface area contributed by atoms with Gasteiger partial charge in [0.25, 0.3) is 0 Å². The number of rotatable bonds is 3. The highest BCUT2D eigenvalue weighted by Gasteiger charge is 2.05. The van der Waals surface area contributed by atoms with Gasteiger partial charge < -0.3 is 5.32 Å². The first-order valence-electron chi connectivity index (χ1n) is 5.67. The minimum atomic E-state index is -0.241. The second-order valence-electron chi connectivity index (χ2n) is 4.24. The van der Waals surface area contributed by atoms with Gasteiger partial charge in [-0.15, -0.1) is 0 Å². The lowest BCUT2D eigenvalue weighted by atomic mass is 10.2. The zero-order valence-corrected chi connectivity index (χ0v) is 11.9. The number of aromatic nitrogens is 1. The van der Waals surface area contributed by atoms with Crippen molar-refractivity contribution in [1.29, 1.82) is 0 Å². The number of nitrogens with zero attached hydrogens (tertiary/aromatic N) is 1. The molecule has 0 bridgehead atoms. The van der Waals surface area contributed by atoms with Gasteiger partial charge in [-0.1, -0.05) is 6.07 Å². The first kappa shape index (κ1) is 13.0. The van der Waals surface area contributed by atoms with Crippen LogP contribution in [-0.4, -0.2) is 4.98 Å². The van der Waals surface area contributed by atoms with E-state index < -0.39 is 0 Å². The molecule has 0 saturated carbocycles. The summed E-state index contributed by atoms with van der Waals surface area (Å²) in [5.74, 6) is -0.241. The number of nitrogens with one attached hydrogen (secondary N) is 1. The van der Waals surface area contributed by atoms with Crippen molar-refractivity contribution < 1.29 is 4.39 Å². The van der Waals surface area contributed by atoms with Crippen LogP contribution in [0.4, 0.5) is 10.1 Å². The Morgan fingerprint density at radius 2 is 2.06 bits per heavy atom. The summed E-state index contributed by atoms with van der Waals surface area (Å²) in [5, 5.41) is 3.28. The van der Waals surface area contributed by atoms with E-state index in [2.05, 4.69) is 26.2 Å². The van der Waals surface area contributed by atoms with Gasteiger partial charge in [-0.05, 0) is 59.1 Å². The largest absolute Gasteiger partial charge is 0.381 e. The Morgan fingerprint density at radius 1 is 1.28 bits per heavy atom. The lowest BCUT2D eigenvalue weighted by molar-refractivity contribution is 0.620. The molecule has 0 radical (unpaired) electrons. The third kappa shape index (κ3) is 3.07. The monoisotopic (exact) mass is 308 g/mol. The van der Waals surface area contributed by atoms with Crippen molar-refractivity contribution in [3.8, 4) is 0 Å². The average Bonchev–Trinajstić information content (AvgIpc) is 2.34. The highest BCUT2D eigenvalue weighted by molar-refractivity contribution is 9.10. The third-order valence-corrected chi connectivity index (χ3v) is 3.33. The van der Waals surface area contributed by atoms with Gasteiger partial charge >= 0.3 is 0 Å². The summed E-state index contributed by atoms with van der Waals surface area (Å²) < 4.78 is 13.8. The molecule has 1 aromatic carbocycles. The van der Waals surface area contributed by atoms with E-state index in [1.807, 2.05) is 32.2 Å². The fraction of sp³-hybridized carbons (Fsp3) is 0.214. The predicted octanol–water partition coefficient (Wildman–Crippen LogP) is 4.21. The highest BCUT2D eigenvalue weighted by atomic mass is 79.9. The lowest BCUT2D eigenvalue weighted by Gasteiger charge is -2.10. The molecular formula is C14H14BrFN2. The molecule has 0 aliphatic rings. The normalized spacial score (nSPS) is 10.4. The van der Waals surface area contributed by atoms with E-state index in [0.29, 0.717) is 11.0 Å². The van der Waals surface area contributed by atoms with E-state index in [-0.39, 0.29) is 5.82 Å². The van der Waals surface area contributed by atoms with E-state index >= 15 is 0 Å². The molecule has 0 aliphatic carbocycles. The Morgan fingerprint density at radius 3 is 2.72 bits per heavy atom. The molecule has 4 heteroatoms. The van der Waals surface area contributed by atoms with E-state index in [1.54, 1.807) is 6.07 Å². The average molecular weight is 309 g/mol. The van der Waals surface area contributed by atoms with Crippen molar-refractivity contribution in [2.45, 2.75) is 20.4 Å². The number of hydrogen-bond acceptors (Lipinski definition) is 2. The van der Waals surface area contributed by atoms with Crippen molar-refractivity contribution in [3.63, 3.8) is 0 Å². The number of pyridine rings is 1. The van der Waals surface area contributed by atoms with Crippen LogP contribution in [0.15, 0.2) is 34.9 Å². The Labute approximate surface area is 114 Å². The Balaban J connectivity index is 2.10. The molecule has 0 spiro atoms. The van der Waals surface area contributed by atoms with Gasteiger partial charge in [0.2, 0.25) is 0 Å². The number of aryl methyl sites for hydroxylation is 2. The van der Waals surface area contributed by atoms with E-state index in [0.717, 1.165) is 22.5 Å². The van der Waals surface area contributed by atoms with E-state index in [1.165, 1.54) is 6.07 Å². The van der Waals surface area contributed by atoms with Gasteiger partial charge in [0.15, 0.2) is 0 Å². The van der Waals surface area contributed by atoms with Crippen molar-refractivity contribution in [1.82, 2.24) is 4.98 Å². The zero-order chi connectivity index (χ0) is 13.1. The first-order chi connectivity index (χ1) is 8.56. The quantitative estimate of drug-likeness (QED) is 0.918. The summed E-state index contributed by atoms with van der Waals surface area (Å²) >= 11 is 3.19. The number of halogens is 2. The molecule has 94 valence electrons. The van der Waals surface area contributed by atoms with Crippen LogP contribution >= 0.6 is 15.9 Å². The van der Waals surface area contributed by atoms with Crippen LogP contribution in [-0.2, 0) is 6.54 Å². The molecule has 1 N–H and O–H groups in total. The predicted molar refractivity (Wildman–Crippen MR) is 75.1 cm³/mol. The van der Waals surface area contributed by atoms with Gasteiger partial charge in [-0.2, -0.15) is 0 Å². The minimum absolute atomic E-state index is 0.241. The van der Waals surface area contributed by atoms with Crippen molar-refractivity contribution >= 4 is 21.6 Å². The van der Waals surface area contributed by atoms with Crippen molar-refractivity contribution in [2.24, 2.45) is 0 Å². The van der Waals surface area contributed by atoms with E-state index in [9.17, 15) is 4.39 Å². The summed E-state index contributed by atoms with van der Waals surface area (Å²) in [4.78, 5) is 4.24. The zero-order valence-electron chi connectivity index (χ0n) is 10.3. The molecule has 0 fully saturated rings. The van der Waals surface area contributed by atoms with Crippen LogP contribution in [0.3, 0.4) is 0 Å². The Bertz CT molecular complexity index is 552. The second-order valence-corrected chi connectivity index (χ2v) is 5.10. The standard InChI is InChI=1S/C14H14BrFN2/c1-9-5-13(16)12(15)6-14(9)18-8-11-4-3-10(2)17-7-11/h3-7,18H,8H2,1-2H3. The molecule has 2 rings (SSSR count). The van der Waals surface area contributed by atoms with Gasteiger partial charge in [-0.3, -0.25) is 4.98 Å². The summed E-state index contributed by atoms with van der Waals surface area (Å²) in [6.07, 6.45) is 1.84. The van der Waals surface area contributed by atoms with Crippen LogP contribution in [0.2, 0.25) is 0 Å². The number of benzene rings is 1. The molecule has 1 heterocycles. The Hall–Kier alpha value is -1.42. The number of anilines is 1. The molecule has 0 saturated heterocycles. The topological polar surface area (TPSA) is 24.9 Å². The summed E-state index contributed by atoms with van der Waals surface area (Å²) in [6, 6.07) is 7.28. The molecule has 0 unspecified atom stereocenters. The SMILES string of the molecule is Cc1ccc(CNc2cc(Br)c(F)cc2C)cn1. The molecule has 0 atom stereocenters. The van der Waals surface area contributed by atoms with Crippen LogP contribution in [0.5, 0.6) is 0 Å². The van der Waals surface area contributed by atoms with Gasteiger partial charge in [0.1, 0.15) is 5.82 Å². The first-order valence-corrected chi connectivity index (χ1v) is 6.46. The van der Waals surface area contributed by atoms with Crippen LogP contribution in [0, 0.1) is 19.7 Å². The van der Waals surface area contributed by atoms with E-state index in [4.69, 9.17) is 0 Å². The molecule has 2 nitrogen and oxygen atoms in total. The van der Waals surface area contributed by atoms with Crippen LogP contribution in [0.1, 0.15) is 16.8 Å². The molecule has 0 amide bonds. The fourth-order valence-electron chi connectivity index (χ4n) is 1.64. The van der Waals surface area contributed by atoms with Crippen molar-refractivity contribution in [2.75, 3.05) is 5.32 Å². The van der Waals surface area contributed by atoms with Crippen LogP contribution < -0.4 is 5.32 Å². The summed E-state index contributed by atoms with van der Waals surface area (Å²) in [5.41, 5.74) is 3.90. The molecule has 1 aromatic heterocycles. The maximum atomic E-state index is 13.3. The lowest BCUT2D eigenvalue weighted by Crippen LogP contribution is -2.02. The maximum Gasteiger partial charge on any atom is 0.137 e. The molecule has 2 aromatic rings. The molecule has 0 aliphatic heterocycles. The maximum absolute atomic E-state index is 13.3. The summed E-state index contributed by atoms with van der Waals surface area (Å²) in [7, 11) is 0. The van der Waals surface area contributed by atoms with Crippen molar-refractivity contribution in [3.05, 3.63) is 57.6 Å². The summed E-state index contributed by atoms with van der Waals surface area (Å²) in [6.45, 7) is 4.51. The number of hydrogen-bond donors (Lipinski definition) is 1. The highest BCUT2D eigenvalue weighted by Crippen LogP contribution is 2.24. The smallest absolute Gasteiger partial charge is 0.137 e.